The van der Waals surface area contributed by atoms with Gasteiger partial charge in [0.05, 0.1) is 0 Å². The molecule has 0 fully saturated rings. The van der Waals surface area contributed by atoms with Crippen molar-refractivity contribution in [2.75, 3.05) is 6.61 Å². The molecule has 0 saturated heterocycles. The van der Waals surface area contributed by atoms with Gasteiger partial charge in [0.2, 0.25) is 0 Å². The van der Waals surface area contributed by atoms with Gasteiger partial charge in [0.15, 0.2) is 17.3 Å². The summed E-state index contributed by atoms with van der Waals surface area (Å²) in [6.45, 7) is -0.377. The number of halogens is 3. The van der Waals surface area contributed by atoms with E-state index >= 15 is 0 Å². The van der Waals surface area contributed by atoms with Gasteiger partial charge in [-0.05, 0) is 29.8 Å². The van der Waals surface area contributed by atoms with E-state index in [4.69, 9.17) is 4.74 Å². The number of hydrogen-bond donors (Lipinski definition) is 0. The van der Waals surface area contributed by atoms with Crippen LogP contribution in [0.25, 0.3) is 0 Å². The van der Waals surface area contributed by atoms with Gasteiger partial charge in [-0.3, -0.25) is 4.79 Å². The van der Waals surface area contributed by atoms with Crippen LogP contribution in [0.2, 0.25) is 0 Å². The average molecular weight is 280 g/mol. The largest absolute Gasteiger partial charge is 0.483 e. The standard InChI is InChI=1S/C15H11F3O2/c16-11-3-1-10(2-4-11)7-13(19)9-20-15-8-12(17)5-6-14(15)18/h1-6,8H,7,9H2. The lowest BCUT2D eigenvalue weighted by molar-refractivity contribution is -0.120. The number of hydrogen-bond acceptors (Lipinski definition) is 2. The van der Waals surface area contributed by atoms with Crippen LogP contribution in [0.4, 0.5) is 13.2 Å². The van der Waals surface area contributed by atoms with E-state index in [9.17, 15) is 18.0 Å². The molecule has 0 saturated carbocycles. The molecule has 2 aromatic carbocycles. The van der Waals surface area contributed by atoms with E-state index in [1.165, 1.54) is 24.3 Å². The Bertz CT molecular complexity index is 609. The lowest BCUT2D eigenvalue weighted by Crippen LogP contribution is -2.14. The summed E-state index contributed by atoms with van der Waals surface area (Å²) in [4.78, 5) is 11.6. The fraction of sp³-hybridized carbons (Fsp3) is 0.133. The van der Waals surface area contributed by atoms with Crippen LogP contribution in [0.5, 0.6) is 5.75 Å². The van der Waals surface area contributed by atoms with Crippen LogP contribution >= 0.6 is 0 Å². The first kappa shape index (κ1) is 14.1. The summed E-state index contributed by atoms with van der Waals surface area (Å²) in [7, 11) is 0. The summed E-state index contributed by atoms with van der Waals surface area (Å²) < 4.78 is 43.8. The number of ketones is 1. The Kier molecular flexibility index (Phi) is 4.40. The first-order valence-electron chi connectivity index (χ1n) is 5.88. The highest BCUT2D eigenvalue weighted by Crippen LogP contribution is 2.18. The second-order valence-corrected chi connectivity index (χ2v) is 4.21. The van der Waals surface area contributed by atoms with Crippen molar-refractivity contribution in [2.45, 2.75) is 6.42 Å². The summed E-state index contributed by atoms with van der Waals surface area (Å²) in [5.41, 5.74) is 0.625. The first-order valence-corrected chi connectivity index (χ1v) is 5.88. The molecule has 0 heterocycles. The summed E-state index contributed by atoms with van der Waals surface area (Å²) >= 11 is 0. The Morgan fingerprint density at radius 1 is 0.950 bits per heavy atom. The van der Waals surface area contributed by atoms with Crippen LogP contribution in [-0.2, 0) is 11.2 Å². The van der Waals surface area contributed by atoms with Crippen molar-refractivity contribution in [1.82, 2.24) is 0 Å². The smallest absolute Gasteiger partial charge is 0.174 e. The summed E-state index contributed by atoms with van der Waals surface area (Å²) in [6, 6.07) is 8.22. The lowest BCUT2D eigenvalue weighted by atomic mass is 10.1. The fourth-order valence-corrected chi connectivity index (χ4v) is 1.63. The monoisotopic (exact) mass is 280 g/mol. The molecule has 5 heteroatoms. The van der Waals surface area contributed by atoms with Gasteiger partial charge in [-0.2, -0.15) is 0 Å². The molecule has 0 aliphatic rings. The molecule has 104 valence electrons. The van der Waals surface area contributed by atoms with Gasteiger partial charge in [0, 0.05) is 12.5 Å². The molecule has 0 radical (unpaired) electrons. The van der Waals surface area contributed by atoms with E-state index in [1.54, 1.807) is 0 Å². The minimum atomic E-state index is -0.735. The van der Waals surface area contributed by atoms with E-state index in [-0.39, 0.29) is 30.4 Å². The molecular formula is C15H11F3O2. The Hall–Kier alpha value is -2.30. The zero-order chi connectivity index (χ0) is 14.5. The second kappa shape index (κ2) is 6.23. The van der Waals surface area contributed by atoms with Crippen molar-refractivity contribution in [2.24, 2.45) is 0 Å². The Balaban J connectivity index is 1.92. The fourth-order valence-electron chi connectivity index (χ4n) is 1.63. The number of carbonyl (C=O) groups excluding carboxylic acids is 1. The van der Waals surface area contributed by atoms with Gasteiger partial charge in [-0.25, -0.2) is 13.2 Å². The van der Waals surface area contributed by atoms with Gasteiger partial charge < -0.3 is 4.74 Å². The van der Waals surface area contributed by atoms with Crippen molar-refractivity contribution >= 4 is 5.78 Å². The molecule has 0 aromatic heterocycles. The van der Waals surface area contributed by atoms with E-state index < -0.39 is 11.6 Å². The maximum atomic E-state index is 13.2. The molecule has 0 aliphatic carbocycles. The van der Waals surface area contributed by atoms with Gasteiger partial charge in [-0.15, -0.1) is 0 Å². The minimum absolute atomic E-state index is 0.0389. The predicted molar refractivity (Wildman–Crippen MR) is 67.0 cm³/mol. The normalized spacial score (nSPS) is 10.3. The maximum absolute atomic E-state index is 13.2. The Morgan fingerprint density at radius 2 is 1.60 bits per heavy atom. The number of benzene rings is 2. The SMILES string of the molecule is O=C(COc1cc(F)ccc1F)Cc1ccc(F)cc1. The number of rotatable bonds is 5. The van der Waals surface area contributed by atoms with Crippen LogP contribution in [0.3, 0.4) is 0 Å². The van der Waals surface area contributed by atoms with Crippen molar-refractivity contribution in [3.63, 3.8) is 0 Å². The molecule has 0 bridgehead atoms. The van der Waals surface area contributed by atoms with Crippen molar-refractivity contribution in [3.05, 3.63) is 65.5 Å². The predicted octanol–water partition coefficient (Wildman–Crippen LogP) is 3.29. The lowest BCUT2D eigenvalue weighted by Gasteiger charge is -2.06. The van der Waals surface area contributed by atoms with E-state index in [0.29, 0.717) is 5.56 Å². The first-order chi connectivity index (χ1) is 9.54. The zero-order valence-corrected chi connectivity index (χ0v) is 10.4. The molecule has 2 aromatic rings. The summed E-state index contributed by atoms with van der Waals surface area (Å²) in [6.07, 6.45) is 0.0389. The second-order valence-electron chi connectivity index (χ2n) is 4.21. The highest BCUT2D eigenvalue weighted by atomic mass is 19.1. The molecule has 2 nitrogen and oxygen atoms in total. The van der Waals surface area contributed by atoms with Gasteiger partial charge in [0.1, 0.15) is 18.2 Å². The molecule has 0 atom stereocenters. The van der Waals surface area contributed by atoms with Crippen molar-refractivity contribution in [3.8, 4) is 5.75 Å². The number of Topliss-reactive ketones (excluding diaryl/α,β-unsaturated/α-hetero) is 1. The Labute approximate surface area is 113 Å². The van der Waals surface area contributed by atoms with Gasteiger partial charge >= 0.3 is 0 Å². The topological polar surface area (TPSA) is 26.3 Å². The molecular weight excluding hydrogens is 269 g/mol. The third kappa shape index (κ3) is 3.85. The van der Waals surface area contributed by atoms with E-state index in [1.807, 2.05) is 0 Å². The number of carbonyl (C=O) groups is 1. The molecule has 20 heavy (non-hydrogen) atoms. The van der Waals surface area contributed by atoms with Crippen molar-refractivity contribution < 1.29 is 22.7 Å². The van der Waals surface area contributed by atoms with Crippen LogP contribution in [-0.4, -0.2) is 12.4 Å². The highest BCUT2D eigenvalue weighted by Gasteiger charge is 2.09. The van der Waals surface area contributed by atoms with E-state index in [0.717, 1.165) is 18.2 Å². The van der Waals surface area contributed by atoms with Crippen LogP contribution in [0.1, 0.15) is 5.56 Å². The van der Waals surface area contributed by atoms with Crippen LogP contribution < -0.4 is 4.74 Å². The van der Waals surface area contributed by atoms with Crippen molar-refractivity contribution in [1.29, 1.82) is 0 Å². The summed E-state index contributed by atoms with van der Waals surface area (Å²) in [5.74, 6) is -2.40. The minimum Gasteiger partial charge on any atom is -0.483 e. The van der Waals surface area contributed by atoms with E-state index in [2.05, 4.69) is 0 Å². The molecule has 0 unspecified atom stereocenters. The average Bonchev–Trinajstić information content (AvgIpc) is 2.42. The molecule has 2 rings (SSSR count). The molecule has 0 N–H and O–H groups in total. The zero-order valence-electron chi connectivity index (χ0n) is 10.4. The quantitative estimate of drug-likeness (QED) is 0.840. The molecule has 0 amide bonds. The van der Waals surface area contributed by atoms with Crippen LogP contribution in [0.15, 0.2) is 42.5 Å². The molecule has 0 aliphatic heterocycles. The maximum Gasteiger partial charge on any atom is 0.174 e. The van der Waals surface area contributed by atoms with Gasteiger partial charge in [0.25, 0.3) is 0 Å². The molecule has 0 spiro atoms. The third-order valence-electron chi connectivity index (χ3n) is 2.60. The van der Waals surface area contributed by atoms with Crippen LogP contribution in [0, 0.1) is 17.5 Å². The number of ether oxygens (including phenoxy) is 1. The summed E-state index contributed by atoms with van der Waals surface area (Å²) in [5, 5.41) is 0. The highest BCUT2D eigenvalue weighted by molar-refractivity contribution is 5.82. The third-order valence-corrected chi connectivity index (χ3v) is 2.60. The Morgan fingerprint density at radius 3 is 2.30 bits per heavy atom. The van der Waals surface area contributed by atoms with Gasteiger partial charge in [-0.1, -0.05) is 12.1 Å².